The molecule has 0 aromatic rings. The van der Waals surface area contributed by atoms with Crippen molar-refractivity contribution in [2.75, 3.05) is 33.4 Å². The fraction of sp³-hybridized carbons (Fsp3) is 0.862. The molecule has 0 aromatic heterocycles. The quantitative estimate of drug-likeness (QED) is 0.472. The molecule has 9 nitrogen and oxygen atoms in total. The number of likely N-dealkylation sites (tertiary alicyclic amines) is 1. The second kappa shape index (κ2) is 10.7. The molecule has 0 aliphatic carbocycles. The number of amidine groups is 1. The van der Waals surface area contributed by atoms with Crippen molar-refractivity contribution >= 4 is 24.2 Å². The van der Waals surface area contributed by atoms with E-state index in [9.17, 15) is 0 Å². The number of aliphatic imine (C=N–C) groups is 2. The lowest BCUT2D eigenvalue weighted by Crippen LogP contribution is -2.61. The van der Waals surface area contributed by atoms with Gasteiger partial charge in [0.2, 0.25) is 0 Å². The number of fused-ring (bicyclic) bond motifs is 3. The fourth-order valence-electron chi connectivity index (χ4n) is 7.70. The molecule has 6 aliphatic rings. The first-order chi connectivity index (χ1) is 18.4. The average molecular weight is 527 g/mol. The van der Waals surface area contributed by atoms with E-state index in [-0.39, 0.29) is 29.1 Å². The van der Waals surface area contributed by atoms with Gasteiger partial charge in [0.15, 0.2) is 5.84 Å². The highest BCUT2D eigenvalue weighted by molar-refractivity contribution is 6.09. The van der Waals surface area contributed by atoms with Crippen LogP contribution in [-0.4, -0.2) is 98.5 Å². The van der Waals surface area contributed by atoms with Crippen molar-refractivity contribution in [1.82, 2.24) is 25.5 Å². The van der Waals surface area contributed by atoms with Crippen LogP contribution in [-0.2, 0) is 9.47 Å². The summed E-state index contributed by atoms with van der Waals surface area (Å²) in [6.07, 6.45) is 13.6. The van der Waals surface area contributed by atoms with Crippen molar-refractivity contribution in [1.29, 1.82) is 0 Å². The first-order valence-electron chi connectivity index (χ1n) is 15.1. The summed E-state index contributed by atoms with van der Waals surface area (Å²) in [5.41, 5.74) is -0.179. The summed E-state index contributed by atoms with van der Waals surface area (Å²) < 4.78 is 16.8. The van der Waals surface area contributed by atoms with Gasteiger partial charge in [-0.15, -0.1) is 0 Å². The first kappa shape index (κ1) is 26.5. The van der Waals surface area contributed by atoms with Gasteiger partial charge in [0.1, 0.15) is 18.2 Å². The van der Waals surface area contributed by atoms with Gasteiger partial charge in [0.25, 0.3) is 0 Å². The largest absolute Gasteiger partial charge is 0.481 e. The molecule has 4 saturated heterocycles. The van der Waals surface area contributed by atoms with Crippen molar-refractivity contribution in [2.45, 2.75) is 108 Å². The standard InChI is InChI=1S/C29H47N7O2/c1-28(2)14-24-29(3,18-38-28)22-17-32-27(34-21-8-9-23(31-16-21)19-10-12-37-13-11-19)35-26(22)36(24)25-7-5-6-20(33-25)15-30-4/h16-17,19-25,30,33H,5-15,18H2,1-4H3/p+1/t20?,21?,22?,23?,24-,25?,29-/m1/s1. The Morgan fingerprint density at radius 3 is 2.74 bits per heavy atom. The Labute approximate surface area is 228 Å². The number of hydrogen-bond donors (Lipinski definition) is 3. The zero-order valence-electron chi connectivity index (χ0n) is 23.8. The maximum Gasteiger partial charge on any atom is 0.481 e. The average Bonchev–Trinajstić information content (AvgIpc) is 3.17. The normalized spacial score (nSPS) is 40.8. The number of ether oxygens (including phenoxy) is 2. The third-order valence-corrected chi connectivity index (χ3v) is 9.98. The number of guanidine groups is 1. The van der Waals surface area contributed by atoms with Gasteiger partial charge in [-0.1, -0.05) is 6.92 Å². The van der Waals surface area contributed by atoms with Crippen molar-refractivity contribution < 1.29 is 9.47 Å². The highest BCUT2D eigenvalue weighted by Gasteiger charge is 2.62. The topological polar surface area (TPSA) is 96.6 Å². The number of nitrogens with one attached hydrogen (secondary N) is 3. The smallest absolute Gasteiger partial charge is 0.381 e. The lowest BCUT2D eigenvalue weighted by Gasteiger charge is -2.49. The lowest BCUT2D eigenvalue weighted by atomic mass is 9.70. The van der Waals surface area contributed by atoms with E-state index in [1.165, 1.54) is 12.8 Å². The van der Waals surface area contributed by atoms with Crippen LogP contribution in [0.3, 0.4) is 0 Å². The van der Waals surface area contributed by atoms with Crippen LogP contribution in [0.2, 0.25) is 0 Å². The van der Waals surface area contributed by atoms with E-state index >= 15 is 0 Å². The molecule has 0 aromatic carbocycles. The molecule has 3 N–H and O–H groups in total. The van der Waals surface area contributed by atoms with Gasteiger partial charge < -0.3 is 19.7 Å². The van der Waals surface area contributed by atoms with Crippen LogP contribution in [0.1, 0.15) is 72.1 Å². The van der Waals surface area contributed by atoms with E-state index in [4.69, 9.17) is 24.1 Å². The molecule has 0 bridgehead atoms. The van der Waals surface area contributed by atoms with Gasteiger partial charge in [-0.3, -0.25) is 15.6 Å². The van der Waals surface area contributed by atoms with Crippen LogP contribution in [0, 0.1) is 17.3 Å². The van der Waals surface area contributed by atoms with Crippen LogP contribution < -0.4 is 20.6 Å². The van der Waals surface area contributed by atoms with Gasteiger partial charge in [-0.05, 0) is 83.2 Å². The minimum absolute atomic E-state index is 0.0375. The summed E-state index contributed by atoms with van der Waals surface area (Å²) in [6.45, 7) is 10.3. The third kappa shape index (κ3) is 5.08. The Hall–Kier alpha value is -1.77. The third-order valence-electron chi connectivity index (χ3n) is 9.98. The van der Waals surface area contributed by atoms with E-state index in [0.717, 1.165) is 76.7 Å². The second-order valence-corrected chi connectivity index (χ2v) is 13.2. The summed E-state index contributed by atoms with van der Waals surface area (Å²) in [5, 5.41) is 11.0. The number of hydrogen-bond acceptors (Lipinski definition) is 8. The number of likely N-dealkylation sites (N-methyl/N-ethyl adjacent to an activating group) is 1. The molecule has 0 amide bonds. The SMILES string of the molecule is CNCC1CCCC(N2C3=NC(NC4C=NC(C5CCOCC5)CC4)=[N+]=CC3[C@@]3(C)COC(C)(C)C[C@@H]23)N1. The van der Waals surface area contributed by atoms with E-state index in [0.29, 0.717) is 24.0 Å². The highest BCUT2D eigenvalue weighted by atomic mass is 16.5. The summed E-state index contributed by atoms with van der Waals surface area (Å²) in [5.74, 6) is 2.72. The van der Waals surface area contributed by atoms with Crippen LogP contribution in [0.15, 0.2) is 9.98 Å². The van der Waals surface area contributed by atoms with Gasteiger partial charge in [-0.2, -0.15) is 0 Å². The van der Waals surface area contributed by atoms with Crippen LogP contribution in [0.4, 0.5) is 0 Å². The number of rotatable bonds is 5. The molecule has 5 unspecified atom stereocenters. The molecular weight excluding hydrogens is 478 g/mol. The minimum Gasteiger partial charge on any atom is -0.381 e. The summed E-state index contributed by atoms with van der Waals surface area (Å²) >= 11 is 0. The molecule has 0 radical (unpaired) electrons. The maximum absolute atomic E-state index is 6.41. The van der Waals surface area contributed by atoms with E-state index in [1.807, 2.05) is 7.05 Å². The molecule has 9 heteroatoms. The molecule has 6 heterocycles. The molecule has 38 heavy (non-hydrogen) atoms. The Bertz CT molecular complexity index is 997. The van der Waals surface area contributed by atoms with Gasteiger partial charge in [0, 0.05) is 43.5 Å². The van der Waals surface area contributed by atoms with E-state index in [2.05, 4.69) is 54.1 Å². The van der Waals surface area contributed by atoms with Crippen molar-refractivity contribution in [2.24, 2.45) is 27.2 Å². The molecule has 4 fully saturated rings. The van der Waals surface area contributed by atoms with Crippen molar-refractivity contribution in [3.63, 3.8) is 0 Å². The molecule has 6 rings (SSSR count). The maximum atomic E-state index is 6.41. The Morgan fingerprint density at radius 2 is 1.97 bits per heavy atom. The zero-order valence-corrected chi connectivity index (χ0v) is 23.8. The fourth-order valence-corrected chi connectivity index (χ4v) is 7.70. The highest BCUT2D eigenvalue weighted by Crippen LogP contribution is 2.51. The van der Waals surface area contributed by atoms with Crippen LogP contribution >= 0.6 is 0 Å². The first-order valence-corrected chi connectivity index (χ1v) is 15.1. The van der Waals surface area contributed by atoms with Gasteiger partial charge in [0.05, 0.1) is 24.4 Å². The van der Waals surface area contributed by atoms with Crippen molar-refractivity contribution in [3.8, 4) is 0 Å². The molecule has 7 atom stereocenters. The summed E-state index contributed by atoms with van der Waals surface area (Å²) in [4.78, 5) is 12.9. The van der Waals surface area contributed by atoms with E-state index in [1.54, 1.807) is 0 Å². The van der Waals surface area contributed by atoms with Crippen LogP contribution in [0.5, 0.6) is 0 Å². The predicted molar refractivity (Wildman–Crippen MR) is 153 cm³/mol. The molecular formula is C29H48N7O2+. The molecule has 0 spiro atoms. The predicted octanol–water partition coefficient (Wildman–Crippen LogP) is 1.70. The van der Waals surface area contributed by atoms with Gasteiger partial charge in [-0.25, -0.2) is 4.67 Å². The zero-order chi connectivity index (χ0) is 26.3. The number of piperidine rings is 1. The monoisotopic (exact) mass is 526 g/mol. The lowest BCUT2D eigenvalue weighted by molar-refractivity contribution is -0.136. The van der Waals surface area contributed by atoms with E-state index < -0.39 is 0 Å². The molecule has 0 saturated carbocycles. The van der Waals surface area contributed by atoms with Gasteiger partial charge >= 0.3 is 5.96 Å². The molecule has 210 valence electrons. The second-order valence-electron chi connectivity index (χ2n) is 13.2. The minimum atomic E-state index is -0.142. The number of nitrogens with zero attached hydrogens (tertiary/aromatic N) is 4. The summed E-state index contributed by atoms with van der Waals surface area (Å²) in [7, 11) is 2.05. The van der Waals surface area contributed by atoms with Crippen molar-refractivity contribution in [3.05, 3.63) is 0 Å². The Balaban J connectivity index is 1.22. The Kier molecular flexibility index (Phi) is 7.42. The summed E-state index contributed by atoms with van der Waals surface area (Å²) in [6, 6.07) is 1.47. The molecule has 6 aliphatic heterocycles. The Morgan fingerprint density at radius 1 is 1.13 bits per heavy atom. The van der Waals surface area contributed by atoms with Crippen LogP contribution in [0.25, 0.3) is 0 Å².